The van der Waals surface area contributed by atoms with Gasteiger partial charge in [-0.15, -0.1) is 0 Å². The number of ketones is 1. The molecule has 184 valence electrons. The molecule has 0 unspecified atom stereocenters. The van der Waals surface area contributed by atoms with E-state index < -0.39 is 47.0 Å². The molecule has 1 heterocycles. The number of benzene rings is 3. The summed E-state index contributed by atoms with van der Waals surface area (Å²) in [5, 5.41) is -1.18. The van der Waals surface area contributed by atoms with Crippen molar-refractivity contribution in [3.05, 3.63) is 108 Å². The normalized spacial score (nSPS) is 21.3. The molecule has 9 heteroatoms. The Morgan fingerprint density at radius 2 is 1.14 bits per heavy atom. The molecule has 0 bridgehead atoms. The molecule has 8 nitrogen and oxygen atoms in total. The Labute approximate surface area is 215 Å². The second-order valence-electron chi connectivity index (χ2n) is 7.79. The van der Waals surface area contributed by atoms with Crippen LogP contribution in [-0.2, 0) is 23.7 Å². The van der Waals surface area contributed by atoms with Gasteiger partial charge in [0.2, 0.25) is 11.9 Å². The molecule has 0 saturated carbocycles. The van der Waals surface area contributed by atoms with E-state index in [0.29, 0.717) is 5.56 Å². The lowest BCUT2D eigenvalue weighted by molar-refractivity contribution is -0.176. The van der Waals surface area contributed by atoms with E-state index in [2.05, 4.69) is 15.9 Å². The van der Waals surface area contributed by atoms with Crippen molar-refractivity contribution in [3.63, 3.8) is 0 Å². The second-order valence-corrected chi connectivity index (χ2v) is 8.62. The predicted octanol–water partition coefficient (Wildman–Crippen LogP) is 3.98. The summed E-state index contributed by atoms with van der Waals surface area (Å²) in [6.45, 7) is -0.366. The smallest absolute Gasteiger partial charge is 0.338 e. The van der Waals surface area contributed by atoms with Crippen LogP contribution >= 0.6 is 15.9 Å². The van der Waals surface area contributed by atoms with Crippen molar-refractivity contribution < 1.29 is 38.1 Å². The molecule has 3 aromatic carbocycles. The Balaban J connectivity index is 1.58. The van der Waals surface area contributed by atoms with Crippen molar-refractivity contribution in [2.75, 3.05) is 6.61 Å². The molecule has 1 aliphatic rings. The van der Waals surface area contributed by atoms with E-state index in [9.17, 15) is 19.2 Å². The maximum Gasteiger partial charge on any atom is 0.338 e. The van der Waals surface area contributed by atoms with Gasteiger partial charge in [-0.3, -0.25) is 4.79 Å². The van der Waals surface area contributed by atoms with Gasteiger partial charge in [0.25, 0.3) is 0 Å². The van der Waals surface area contributed by atoms with Gasteiger partial charge in [-0.2, -0.15) is 0 Å². The number of halogens is 1. The van der Waals surface area contributed by atoms with Gasteiger partial charge >= 0.3 is 17.9 Å². The van der Waals surface area contributed by atoms with Crippen LogP contribution in [0.25, 0.3) is 0 Å². The number of alkyl halides is 1. The quantitative estimate of drug-likeness (QED) is 0.246. The lowest BCUT2D eigenvalue weighted by Gasteiger charge is -2.37. The van der Waals surface area contributed by atoms with Gasteiger partial charge in [0, 0.05) is 0 Å². The molecule has 1 saturated heterocycles. The van der Waals surface area contributed by atoms with E-state index in [1.165, 1.54) is 24.3 Å². The Hall–Kier alpha value is -3.82. The molecule has 4 rings (SSSR count). The van der Waals surface area contributed by atoms with Gasteiger partial charge < -0.3 is 18.9 Å². The lowest BCUT2D eigenvalue weighted by Crippen LogP contribution is -2.58. The van der Waals surface area contributed by atoms with Crippen LogP contribution in [0.3, 0.4) is 0 Å². The summed E-state index contributed by atoms with van der Waals surface area (Å²) in [5.74, 6) is -2.83. The number of carbonyl (C=O) groups is 4. The first-order valence-corrected chi connectivity index (χ1v) is 11.9. The minimum atomic E-state index is -1.51. The Kier molecular flexibility index (Phi) is 8.24. The number of Topliss-reactive ketones (excluding diaryl/α,β-unsaturated/α-hetero) is 1. The fourth-order valence-electron chi connectivity index (χ4n) is 3.52. The summed E-state index contributed by atoms with van der Waals surface area (Å²) >= 11 is 3.13. The maximum atomic E-state index is 13.0. The first-order valence-electron chi connectivity index (χ1n) is 11.0. The molecule has 0 aromatic heterocycles. The third kappa shape index (κ3) is 6.05. The van der Waals surface area contributed by atoms with E-state index >= 15 is 0 Å². The van der Waals surface area contributed by atoms with E-state index in [1.54, 1.807) is 66.7 Å². The molecule has 0 spiro atoms. The third-order valence-electron chi connectivity index (χ3n) is 5.35. The summed E-state index contributed by atoms with van der Waals surface area (Å²) in [5.41, 5.74) is 0.742. The van der Waals surface area contributed by atoms with Crippen LogP contribution in [0.1, 0.15) is 31.1 Å². The van der Waals surface area contributed by atoms with Crippen LogP contribution in [0.4, 0.5) is 0 Å². The van der Waals surface area contributed by atoms with E-state index in [1.807, 2.05) is 0 Å². The summed E-state index contributed by atoms with van der Waals surface area (Å²) in [6, 6.07) is 24.5. The van der Waals surface area contributed by atoms with Gasteiger partial charge in [-0.05, 0) is 52.3 Å². The maximum absolute atomic E-state index is 13.0. The highest BCUT2D eigenvalue weighted by Crippen LogP contribution is 2.28. The summed E-state index contributed by atoms with van der Waals surface area (Å²) in [7, 11) is 0. The van der Waals surface area contributed by atoms with Crippen LogP contribution in [0.15, 0.2) is 91.0 Å². The topological polar surface area (TPSA) is 105 Å². The Morgan fingerprint density at radius 3 is 1.64 bits per heavy atom. The van der Waals surface area contributed by atoms with Gasteiger partial charge in [0.15, 0.2) is 11.1 Å². The summed E-state index contributed by atoms with van der Waals surface area (Å²) in [4.78, 5) is 51.1. The third-order valence-corrected chi connectivity index (χ3v) is 6.01. The Bertz CT molecular complexity index is 1220. The first kappa shape index (κ1) is 25.3. The number of rotatable bonds is 7. The molecular weight excluding hydrogens is 532 g/mol. The predicted molar refractivity (Wildman–Crippen MR) is 131 cm³/mol. The SMILES string of the molecule is O=C(OC[C@@H]1O[C@H](Br)C(=O)[C@@H](OC(=O)c2ccccc2)[C@H]1OC(=O)c1ccccc1)c1ccccc1. The number of ether oxygens (including phenoxy) is 4. The summed E-state index contributed by atoms with van der Waals surface area (Å²) < 4.78 is 22.2. The average Bonchev–Trinajstić information content (AvgIpc) is 2.92. The molecule has 0 amide bonds. The zero-order valence-corrected chi connectivity index (χ0v) is 20.4. The van der Waals surface area contributed by atoms with Crippen molar-refractivity contribution in [2.45, 2.75) is 23.3 Å². The monoisotopic (exact) mass is 552 g/mol. The lowest BCUT2D eigenvalue weighted by atomic mass is 10.0. The minimum Gasteiger partial charge on any atom is -0.459 e. The van der Waals surface area contributed by atoms with Crippen LogP contribution in [0, 0.1) is 0 Å². The molecular formula is C27H21BrO8. The van der Waals surface area contributed by atoms with Crippen LogP contribution in [0.2, 0.25) is 0 Å². The first-order chi connectivity index (χ1) is 17.4. The van der Waals surface area contributed by atoms with Gasteiger partial charge in [-0.25, -0.2) is 14.4 Å². The van der Waals surface area contributed by atoms with Crippen molar-refractivity contribution in [1.82, 2.24) is 0 Å². The molecule has 1 fully saturated rings. The number of esters is 3. The fourth-order valence-corrected chi connectivity index (χ4v) is 4.06. The highest BCUT2D eigenvalue weighted by molar-refractivity contribution is 9.09. The standard InChI is InChI=1S/C27H21BrO8/c28-24-21(29)23(36-27(32)19-14-8-3-9-15-19)22(35-26(31)18-12-6-2-7-13-18)20(34-24)16-33-25(30)17-10-4-1-5-11-17/h1-15,20,22-24H,16H2/t20-,22-,23+,24-/m0/s1. The van der Waals surface area contributed by atoms with Crippen molar-refractivity contribution in [1.29, 1.82) is 0 Å². The molecule has 4 atom stereocenters. The van der Waals surface area contributed by atoms with E-state index in [0.717, 1.165) is 0 Å². The van der Waals surface area contributed by atoms with Crippen LogP contribution in [-0.4, -0.2) is 53.6 Å². The van der Waals surface area contributed by atoms with Crippen molar-refractivity contribution >= 4 is 39.6 Å². The number of hydrogen-bond donors (Lipinski definition) is 0. The molecule has 3 aromatic rings. The van der Waals surface area contributed by atoms with Crippen molar-refractivity contribution in [3.8, 4) is 0 Å². The van der Waals surface area contributed by atoms with E-state index in [-0.39, 0.29) is 17.7 Å². The van der Waals surface area contributed by atoms with Crippen molar-refractivity contribution in [2.24, 2.45) is 0 Å². The molecule has 1 aliphatic heterocycles. The number of carbonyl (C=O) groups excluding carboxylic acids is 4. The molecule has 0 aliphatic carbocycles. The van der Waals surface area contributed by atoms with Crippen LogP contribution in [0.5, 0.6) is 0 Å². The van der Waals surface area contributed by atoms with E-state index in [4.69, 9.17) is 18.9 Å². The average molecular weight is 553 g/mol. The zero-order chi connectivity index (χ0) is 25.5. The molecule has 0 radical (unpaired) electrons. The molecule has 36 heavy (non-hydrogen) atoms. The largest absolute Gasteiger partial charge is 0.459 e. The highest BCUT2D eigenvalue weighted by Gasteiger charge is 2.49. The number of hydrogen-bond acceptors (Lipinski definition) is 8. The van der Waals surface area contributed by atoms with Crippen LogP contribution < -0.4 is 0 Å². The fraction of sp³-hybridized carbons (Fsp3) is 0.185. The molecule has 0 N–H and O–H groups in total. The highest BCUT2D eigenvalue weighted by atomic mass is 79.9. The minimum absolute atomic E-state index is 0.211. The summed E-state index contributed by atoms with van der Waals surface area (Å²) in [6.07, 6.45) is -4.00. The Morgan fingerprint density at radius 1 is 0.694 bits per heavy atom. The van der Waals surface area contributed by atoms with Gasteiger partial charge in [-0.1, -0.05) is 54.6 Å². The van der Waals surface area contributed by atoms with Gasteiger partial charge in [0.05, 0.1) is 16.7 Å². The zero-order valence-electron chi connectivity index (χ0n) is 18.8. The second kappa shape index (κ2) is 11.7. The van der Waals surface area contributed by atoms with Gasteiger partial charge in [0.1, 0.15) is 12.7 Å².